The van der Waals surface area contributed by atoms with Crippen LogP contribution in [-0.4, -0.2) is 35.3 Å². The molecule has 4 nitrogen and oxygen atoms in total. The van der Waals surface area contributed by atoms with Crippen LogP contribution in [0.4, 0.5) is 0 Å². The second-order valence-corrected chi connectivity index (χ2v) is 6.92. The fourth-order valence-corrected chi connectivity index (χ4v) is 3.36. The molecular formula is C22H28N4. The lowest BCUT2D eigenvalue weighted by Gasteiger charge is -2.25. The Morgan fingerprint density at radius 3 is 2.19 bits per heavy atom. The van der Waals surface area contributed by atoms with Crippen molar-refractivity contribution in [3.8, 4) is 5.69 Å². The molecule has 3 rings (SSSR count). The quantitative estimate of drug-likeness (QED) is 0.703. The number of rotatable bonds is 7. The largest absolute Gasteiger partial charge is 0.311 e. The summed E-state index contributed by atoms with van der Waals surface area (Å²) in [5.41, 5.74) is 6.00. The van der Waals surface area contributed by atoms with Crippen LogP contribution < -0.4 is 5.32 Å². The molecule has 1 N–H and O–H groups in total. The average molecular weight is 348 g/mol. The number of benzene rings is 2. The molecule has 0 saturated carbocycles. The van der Waals surface area contributed by atoms with Gasteiger partial charge in [-0.1, -0.05) is 48.5 Å². The third kappa shape index (κ3) is 4.03. The van der Waals surface area contributed by atoms with E-state index in [2.05, 4.69) is 80.6 Å². The molecular weight excluding hydrogens is 320 g/mol. The first-order valence-corrected chi connectivity index (χ1v) is 9.10. The Labute approximate surface area is 156 Å². The Morgan fingerprint density at radius 1 is 0.962 bits per heavy atom. The van der Waals surface area contributed by atoms with Gasteiger partial charge in [0.2, 0.25) is 0 Å². The predicted octanol–water partition coefficient (Wildman–Crippen LogP) is 3.88. The Hall–Kier alpha value is -2.43. The summed E-state index contributed by atoms with van der Waals surface area (Å²) in [5, 5.41) is 8.37. The molecule has 0 unspecified atom stereocenters. The Kier molecular flexibility index (Phi) is 5.86. The van der Waals surface area contributed by atoms with E-state index in [-0.39, 0.29) is 0 Å². The highest BCUT2D eigenvalue weighted by Gasteiger charge is 2.16. The molecule has 4 heteroatoms. The van der Waals surface area contributed by atoms with E-state index in [1.54, 1.807) is 0 Å². The van der Waals surface area contributed by atoms with E-state index in [9.17, 15) is 0 Å². The molecule has 26 heavy (non-hydrogen) atoms. The molecule has 0 spiro atoms. The molecule has 0 radical (unpaired) electrons. The second kappa shape index (κ2) is 8.30. The van der Waals surface area contributed by atoms with E-state index in [0.717, 1.165) is 24.5 Å². The van der Waals surface area contributed by atoms with Gasteiger partial charge in [0.1, 0.15) is 0 Å². The fraction of sp³-hybridized carbons (Fsp3) is 0.318. The predicted molar refractivity (Wildman–Crippen MR) is 108 cm³/mol. The highest BCUT2D eigenvalue weighted by molar-refractivity contribution is 5.36. The van der Waals surface area contributed by atoms with Crippen LogP contribution in [0.15, 0.2) is 60.7 Å². The molecule has 1 heterocycles. The second-order valence-electron chi connectivity index (χ2n) is 6.92. The fourth-order valence-electron chi connectivity index (χ4n) is 3.36. The van der Waals surface area contributed by atoms with Crippen molar-refractivity contribution in [1.29, 1.82) is 0 Å². The van der Waals surface area contributed by atoms with Gasteiger partial charge in [0, 0.05) is 30.4 Å². The molecule has 1 atom stereocenters. The van der Waals surface area contributed by atoms with Crippen molar-refractivity contribution in [2.75, 3.05) is 20.6 Å². The lowest BCUT2D eigenvalue weighted by atomic mass is 10.1. The summed E-state index contributed by atoms with van der Waals surface area (Å²) in [6.07, 6.45) is 0. The molecule has 0 bridgehead atoms. The maximum atomic E-state index is 4.74. The number of likely N-dealkylation sites (N-methyl/N-ethyl adjacent to an activating group) is 1. The van der Waals surface area contributed by atoms with E-state index in [1.807, 2.05) is 22.9 Å². The molecule has 1 aromatic heterocycles. The average Bonchev–Trinajstić information content (AvgIpc) is 2.94. The van der Waals surface area contributed by atoms with Gasteiger partial charge < -0.3 is 10.2 Å². The van der Waals surface area contributed by atoms with Crippen LogP contribution in [0.2, 0.25) is 0 Å². The van der Waals surface area contributed by atoms with Crippen LogP contribution in [0.5, 0.6) is 0 Å². The SMILES string of the molecule is Cc1nn(-c2ccccc2)c(C)c1CNC[C@H](c1ccccc1)N(C)C. The summed E-state index contributed by atoms with van der Waals surface area (Å²) >= 11 is 0. The Morgan fingerprint density at radius 2 is 1.58 bits per heavy atom. The van der Waals surface area contributed by atoms with E-state index in [0.29, 0.717) is 6.04 Å². The van der Waals surface area contributed by atoms with Gasteiger partial charge in [0.25, 0.3) is 0 Å². The van der Waals surface area contributed by atoms with Crippen molar-refractivity contribution in [2.24, 2.45) is 0 Å². The van der Waals surface area contributed by atoms with Gasteiger partial charge in [-0.25, -0.2) is 4.68 Å². The van der Waals surface area contributed by atoms with E-state index < -0.39 is 0 Å². The lowest BCUT2D eigenvalue weighted by Crippen LogP contribution is -2.31. The molecule has 3 aromatic rings. The number of hydrogen-bond donors (Lipinski definition) is 1. The minimum Gasteiger partial charge on any atom is -0.311 e. The van der Waals surface area contributed by atoms with Gasteiger partial charge >= 0.3 is 0 Å². The van der Waals surface area contributed by atoms with Gasteiger partial charge in [-0.05, 0) is 45.6 Å². The molecule has 0 saturated heterocycles. The molecule has 0 aliphatic rings. The molecule has 0 aliphatic heterocycles. The van der Waals surface area contributed by atoms with Crippen molar-refractivity contribution in [3.63, 3.8) is 0 Å². The molecule has 0 aliphatic carbocycles. The summed E-state index contributed by atoms with van der Waals surface area (Å²) in [4.78, 5) is 2.26. The number of aromatic nitrogens is 2. The van der Waals surface area contributed by atoms with Gasteiger partial charge in [0.05, 0.1) is 11.4 Å². The highest BCUT2D eigenvalue weighted by atomic mass is 15.3. The third-order valence-corrected chi connectivity index (χ3v) is 4.89. The Balaban J connectivity index is 1.71. The summed E-state index contributed by atoms with van der Waals surface area (Å²) in [5.74, 6) is 0. The number of nitrogens with zero attached hydrogens (tertiary/aromatic N) is 3. The van der Waals surface area contributed by atoms with Gasteiger partial charge in [-0.15, -0.1) is 0 Å². The topological polar surface area (TPSA) is 33.1 Å². The third-order valence-electron chi connectivity index (χ3n) is 4.89. The number of nitrogens with one attached hydrogen (secondary N) is 1. The van der Waals surface area contributed by atoms with E-state index >= 15 is 0 Å². The van der Waals surface area contributed by atoms with Crippen LogP contribution in [0, 0.1) is 13.8 Å². The summed E-state index contributed by atoms with van der Waals surface area (Å²) in [7, 11) is 4.26. The van der Waals surface area contributed by atoms with E-state index in [4.69, 9.17) is 5.10 Å². The van der Waals surface area contributed by atoms with Crippen molar-refractivity contribution in [3.05, 3.63) is 83.2 Å². The van der Waals surface area contributed by atoms with Crippen LogP contribution in [0.25, 0.3) is 5.69 Å². The maximum absolute atomic E-state index is 4.74. The van der Waals surface area contributed by atoms with Crippen LogP contribution >= 0.6 is 0 Å². The monoisotopic (exact) mass is 348 g/mol. The number of para-hydroxylation sites is 1. The standard InChI is InChI=1S/C22H28N4/c1-17-21(18(2)26(24-17)20-13-9-6-10-14-20)15-23-16-22(25(3)4)19-11-7-5-8-12-19/h5-14,22-23H,15-16H2,1-4H3/t22-/m1/s1. The minimum absolute atomic E-state index is 0.348. The zero-order valence-electron chi connectivity index (χ0n) is 16.1. The molecule has 136 valence electrons. The first-order valence-electron chi connectivity index (χ1n) is 9.10. The number of hydrogen-bond acceptors (Lipinski definition) is 3. The smallest absolute Gasteiger partial charge is 0.0648 e. The Bertz CT molecular complexity index is 822. The number of aryl methyl sites for hydroxylation is 1. The van der Waals surface area contributed by atoms with Crippen molar-refractivity contribution in [1.82, 2.24) is 20.0 Å². The maximum Gasteiger partial charge on any atom is 0.0648 e. The highest BCUT2D eigenvalue weighted by Crippen LogP contribution is 2.19. The summed E-state index contributed by atoms with van der Waals surface area (Å²) < 4.78 is 2.03. The van der Waals surface area contributed by atoms with Crippen LogP contribution in [-0.2, 0) is 6.54 Å². The summed E-state index contributed by atoms with van der Waals surface area (Å²) in [6.45, 7) is 5.95. The van der Waals surface area contributed by atoms with Gasteiger partial charge in [0.15, 0.2) is 0 Å². The van der Waals surface area contributed by atoms with Crippen molar-refractivity contribution < 1.29 is 0 Å². The van der Waals surface area contributed by atoms with Crippen molar-refractivity contribution >= 4 is 0 Å². The zero-order chi connectivity index (χ0) is 18.5. The van der Waals surface area contributed by atoms with Crippen LogP contribution in [0.3, 0.4) is 0 Å². The normalized spacial score (nSPS) is 12.5. The van der Waals surface area contributed by atoms with Crippen LogP contribution in [0.1, 0.15) is 28.6 Å². The first-order chi connectivity index (χ1) is 12.6. The molecule has 0 fully saturated rings. The zero-order valence-corrected chi connectivity index (χ0v) is 16.1. The molecule has 0 amide bonds. The molecule has 2 aromatic carbocycles. The first kappa shape index (κ1) is 18.4. The summed E-state index contributed by atoms with van der Waals surface area (Å²) in [6, 6.07) is 21.3. The minimum atomic E-state index is 0.348. The van der Waals surface area contributed by atoms with Gasteiger partial charge in [-0.2, -0.15) is 5.10 Å². The van der Waals surface area contributed by atoms with Gasteiger partial charge in [-0.3, -0.25) is 0 Å². The van der Waals surface area contributed by atoms with Crippen molar-refractivity contribution in [2.45, 2.75) is 26.4 Å². The van der Waals surface area contributed by atoms with E-state index in [1.165, 1.54) is 16.8 Å². The lowest BCUT2D eigenvalue weighted by molar-refractivity contribution is 0.288.